The lowest BCUT2D eigenvalue weighted by atomic mass is 9.84. The first-order chi connectivity index (χ1) is 9.11. The molecule has 0 bridgehead atoms. The van der Waals surface area contributed by atoms with Gasteiger partial charge >= 0.3 is 0 Å². The number of aromatic nitrogens is 2. The van der Waals surface area contributed by atoms with Gasteiger partial charge < -0.3 is 5.32 Å². The summed E-state index contributed by atoms with van der Waals surface area (Å²) in [6, 6.07) is 1.86. The molecule has 1 aliphatic carbocycles. The molecule has 2 rings (SSSR count). The Kier molecular flexibility index (Phi) is 4.20. The van der Waals surface area contributed by atoms with Crippen LogP contribution in [0.5, 0.6) is 0 Å². The van der Waals surface area contributed by atoms with E-state index in [1.165, 1.54) is 6.42 Å². The second-order valence-corrected chi connectivity index (χ2v) is 5.28. The predicted molar refractivity (Wildman–Crippen MR) is 71.4 cm³/mol. The quantitative estimate of drug-likeness (QED) is 0.902. The van der Waals surface area contributed by atoms with Crippen molar-refractivity contribution in [3.63, 3.8) is 0 Å². The molecule has 1 aliphatic rings. The fourth-order valence-electron chi connectivity index (χ4n) is 2.76. The Morgan fingerprint density at radius 3 is 2.74 bits per heavy atom. The molecule has 1 amide bonds. The SMILES string of the molecule is Cc1nn(C)cc1C(=O)NC(C#N)C1CCCCC1. The van der Waals surface area contributed by atoms with Crippen molar-refractivity contribution < 1.29 is 4.79 Å². The monoisotopic (exact) mass is 260 g/mol. The number of nitrogens with zero attached hydrogens (tertiary/aromatic N) is 3. The molecule has 1 saturated carbocycles. The Balaban J connectivity index is 2.04. The van der Waals surface area contributed by atoms with Crippen molar-refractivity contribution >= 4 is 5.91 Å². The van der Waals surface area contributed by atoms with E-state index in [1.807, 2.05) is 0 Å². The lowest BCUT2D eigenvalue weighted by molar-refractivity contribution is 0.0928. The highest BCUT2D eigenvalue weighted by molar-refractivity contribution is 5.95. The normalized spacial score (nSPS) is 17.7. The van der Waals surface area contributed by atoms with E-state index < -0.39 is 0 Å². The second-order valence-electron chi connectivity index (χ2n) is 5.28. The van der Waals surface area contributed by atoms with E-state index in [1.54, 1.807) is 24.9 Å². The van der Waals surface area contributed by atoms with E-state index in [2.05, 4.69) is 16.5 Å². The standard InChI is InChI=1S/C14H20N4O/c1-10-12(9-18(2)17-10)14(19)16-13(8-15)11-6-4-3-5-7-11/h9,11,13H,3-7H2,1-2H3,(H,16,19). The molecule has 1 heterocycles. The van der Waals surface area contributed by atoms with E-state index in [0.717, 1.165) is 25.7 Å². The zero-order valence-corrected chi connectivity index (χ0v) is 11.5. The minimum Gasteiger partial charge on any atom is -0.336 e. The third-order valence-corrected chi connectivity index (χ3v) is 3.80. The van der Waals surface area contributed by atoms with Crippen LogP contribution in [0.25, 0.3) is 0 Å². The van der Waals surface area contributed by atoms with E-state index in [-0.39, 0.29) is 11.9 Å². The van der Waals surface area contributed by atoms with Gasteiger partial charge in [-0.3, -0.25) is 9.48 Å². The summed E-state index contributed by atoms with van der Waals surface area (Å²) in [4.78, 5) is 12.2. The van der Waals surface area contributed by atoms with Crippen LogP contribution >= 0.6 is 0 Å². The highest BCUT2D eigenvalue weighted by Crippen LogP contribution is 2.26. The maximum Gasteiger partial charge on any atom is 0.255 e. The molecule has 5 heteroatoms. The van der Waals surface area contributed by atoms with Crippen LogP contribution in [0.2, 0.25) is 0 Å². The van der Waals surface area contributed by atoms with Gasteiger partial charge in [-0.25, -0.2) is 0 Å². The molecule has 0 aliphatic heterocycles. The van der Waals surface area contributed by atoms with E-state index in [4.69, 9.17) is 0 Å². The molecule has 1 unspecified atom stereocenters. The van der Waals surface area contributed by atoms with Gasteiger partial charge in [-0.2, -0.15) is 10.4 Å². The van der Waals surface area contributed by atoms with Gasteiger partial charge in [-0.05, 0) is 25.7 Å². The lowest BCUT2D eigenvalue weighted by Crippen LogP contribution is -2.40. The fraction of sp³-hybridized carbons (Fsp3) is 0.643. The van der Waals surface area contributed by atoms with Gasteiger partial charge in [0.15, 0.2) is 0 Å². The molecule has 0 radical (unpaired) electrons. The molecule has 1 aromatic rings. The highest BCUT2D eigenvalue weighted by Gasteiger charge is 2.26. The van der Waals surface area contributed by atoms with Crippen LogP contribution in [0, 0.1) is 24.2 Å². The van der Waals surface area contributed by atoms with Crippen molar-refractivity contribution in [3.8, 4) is 6.07 Å². The Bertz CT molecular complexity index is 494. The van der Waals surface area contributed by atoms with E-state index in [9.17, 15) is 10.1 Å². The fourth-order valence-corrected chi connectivity index (χ4v) is 2.76. The molecule has 102 valence electrons. The number of nitriles is 1. The first-order valence-corrected chi connectivity index (χ1v) is 6.82. The van der Waals surface area contributed by atoms with Crippen molar-refractivity contribution in [1.29, 1.82) is 5.26 Å². The summed E-state index contributed by atoms with van der Waals surface area (Å²) >= 11 is 0. The van der Waals surface area contributed by atoms with Gasteiger partial charge in [0, 0.05) is 13.2 Å². The molecule has 1 atom stereocenters. The Hall–Kier alpha value is -1.83. The number of carbonyl (C=O) groups excluding carboxylic acids is 1. The molecule has 0 saturated heterocycles. The van der Waals surface area contributed by atoms with Crippen LogP contribution in [0.1, 0.15) is 48.2 Å². The molecular formula is C14H20N4O. The van der Waals surface area contributed by atoms with Gasteiger partial charge in [-0.1, -0.05) is 19.3 Å². The summed E-state index contributed by atoms with van der Waals surface area (Å²) in [5.74, 6) is 0.0994. The minimum atomic E-state index is -0.382. The third-order valence-electron chi connectivity index (χ3n) is 3.80. The predicted octanol–water partition coefficient (Wildman–Crippen LogP) is 1.93. The number of amides is 1. The number of rotatable bonds is 3. The van der Waals surface area contributed by atoms with E-state index >= 15 is 0 Å². The zero-order chi connectivity index (χ0) is 13.8. The number of hydrogen-bond donors (Lipinski definition) is 1. The Morgan fingerprint density at radius 1 is 1.53 bits per heavy atom. The maximum absolute atomic E-state index is 12.2. The van der Waals surface area contributed by atoms with Gasteiger partial charge in [0.25, 0.3) is 5.91 Å². The van der Waals surface area contributed by atoms with Crippen LogP contribution < -0.4 is 5.32 Å². The first kappa shape index (κ1) is 13.6. The van der Waals surface area contributed by atoms with Crippen molar-refractivity contribution in [2.75, 3.05) is 0 Å². The molecule has 1 fully saturated rings. The van der Waals surface area contributed by atoms with E-state index in [0.29, 0.717) is 17.2 Å². The molecule has 19 heavy (non-hydrogen) atoms. The second kappa shape index (κ2) is 5.87. The van der Waals surface area contributed by atoms with Crippen molar-refractivity contribution in [2.24, 2.45) is 13.0 Å². The summed E-state index contributed by atoms with van der Waals surface area (Å²) in [6.45, 7) is 1.80. The number of carbonyl (C=O) groups is 1. The van der Waals surface area contributed by atoms with Crippen LogP contribution in [0.15, 0.2) is 6.20 Å². The Morgan fingerprint density at radius 2 is 2.21 bits per heavy atom. The lowest BCUT2D eigenvalue weighted by Gasteiger charge is -2.26. The highest BCUT2D eigenvalue weighted by atomic mass is 16.1. The summed E-state index contributed by atoms with van der Waals surface area (Å²) in [6.07, 6.45) is 7.31. The largest absolute Gasteiger partial charge is 0.336 e. The van der Waals surface area contributed by atoms with Crippen LogP contribution in [-0.2, 0) is 7.05 Å². The molecule has 1 aromatic heterocycles. The van der Waals surface area contributed by atoms with Crippen molar-refractivity contribution in [3.05, 3.63) is 17.5 Å². The smallest absolute Gasteiger partial charge is 0.255 e. The van der Waals surface area contributed by atoms with Gasteiger partial charge in [-0.15, -0.1) is 0 Å². The average molecular weight is 260 g/mol. The summed E-state index contributed by atoms with van der Waals surface area (Å²) in [7, 11) is 1.78. The van der Waals surface area contributed by atoms with Crippen LogP contribution in [0.3, 0.4) is 0 Å². The van der Waals surface area contributed by atoms with Crippen LogP contribution in [0.4, 0.5) is 0 Å². The molecular weight excluding hydrogens is 240 g/mol. The topological polar surface area (TPSA) is 70.7 Å². The summed E-state index contributed by atoms with van der Waals surface area (Å²) in [5.41, 5.74) is 1.25. The average Bonchev–Trinajstić information content (AvgIpc) is 2.76. The summed E-state index contributed by atoms with van der Waals surface area (Å²) < 4.78 is 1.62. The number of aryl methyl sites for hydroxylation is 2. The first-order valence-electron chi connectivity index (χ1n) is 6.82. The van der Waals surface area contributed by atoms with Crippen LogP contribution in [-0.4, -0.2) is 21.7 Å². The Labute approximate surface area is 113 Å². The zero-order valence-electron chi connectivity index (χ0n) is 11.5. The summed E-state index contributed by atoms with van der Waals surface area (Å²) in [5, 5.41) is 16.3. The minimum absolute atomic E-state index is 0.192. The molecule has 0 aromatic carbocycles. The van der Waals surface area contributed by atoms with Gasteiger partial charge in [0.1, 0.15) is 6.04 Å². The number of nitrogens with one attached hydrogen (secondary N) is 1. The van der Waals surface area contributed by atoms with Gasteiger partial charge in [0.05, 0.1) is 17.3 Å². The maximum atomic E-state index is 12.2. The third kappa shape index (κ3) is 3.14. The van der Waals surface area contributed by atoms with Crippen molar-refractivity contribution in [1.82, 2.24) is 15.1 Å². The molecule has 5 nitrogen and oxygen atoms in total. The van der Waals surface area contributed by atoms with Crippen molar-refractivity contribution in [2.45, 2.75) is 45.1 Å². The number of hydrogen-bond acceptors (Lipinski definition) is 3. The molecule has 1 N–H and O–H groups in total. The van der Waals surface area contributed by atoms with Gasteiger partial charge in [0.2, 0.25) is 0 Å². The molecule has 0 spiro atoms.